The fourth-order valence-corrected chi connectivity index (χ4v) is 3.07. The Balaban J connectivity index is 2.35. The van der Waals surface area contributed by atoms with Crippen molar-refractivity contribution in [1.29, 1.82) is 0 Å². The van der Waals surface area contributed by atoms with Crippen LogP contribution in [0.15, 0.2) is 28.9 Å². The minimum absolute atomic E-state index is 0.301. The number of pyridine rings is 1. The fraction of sp³-hybridized carbons (Fsp3) is 0.167. The lowest BCUT2D eigenvalue weighted by molar-refractivity contribution is 0.0532. The molecule has 94 valence electrons. The average Bonchev–Trinajstić information content (AvgIpc) is 2.82. The third-order valence-electron chi connectivity index (χ3n) is 2.19. The summed E-state index contributed by atoms with van der Waals surface area (Å²) in [4.78, 5) is 17.1. The van der Waals surface area contributed by atoms with E-state index in [1.165, 1.54) is 11.3 Å². The Kier molecular flexibility index (Phi) is 4.37. The zero-order valence-corrected chi connectivity index (χ0v) is 12.6. The number of rotatable bonds is 3. The van der Waals surface area contributed by atoms with Crippen molar-refractivity contribution in [3.63, 3.8) is 0 Å². The molecule has 2 aromatic heterocycles. The van der Waals surface area contributed by atoms with Crippen molar-refractivity contribution in [3.8, 4) is 10.4 Å². The second-order valence-electron chi connectivity index (χ2n) is 3.35. The molecule has 0 N–H and O–H groups in total. The van der Waals surface area contributed by atoms with Crippen LogP contribution in [0, 0.1) is 0 Å². The molecule has 3 nitrogen and oxygen atoms in total. The summed E-state index contributed by atoms with van der Waals surface area (Å²) in [5, 5.41) is 0.401. The highest BCUT2D eigenvalue weighted by Crippen LogP contribution is 2.36. The first kappa shape index (κ1) is 13.5. The van der Waals surface area contributed by atoms with E-state index >= 15 is 0 Å². The van der Waals surface area contributed by atoms with Gasteiger partial charge in [-0.25, -0.2) is 9.78 Å². The Morgan fingerprint density at radius 2 is 2.28 bits per heavy atom. The molecule has 0 aromatic carbocycles. The van der Waals surface area contributed by atoms with Gasteiger partial charge in [0.05, 0.1) is 11.1 Å². The van der Waals surface area contributed by atoms with E-state index in [0.29, 0.717) is 16.6 Å². The zero-order valence-electron chi connectivity index (χ0n) is 9.44. The summed E-state index contributed by atoms with van der Waals surface area (Å²) in [7, 11) is 0. The van der Waals surface area contributed by atoms with Crippen LogP contribution >= 0.6 is 38.9 Å². The third kappa shape index (κ3) is 2.74. The number of nitrogens with zero attached hydrogens (tertiary/aromatic N) is 1. The molecule has 0 atom stereocenters. The summed E-state index contributed by atoms with van der Waals surface area (Å²) in [6, 6.07) is 5.46. The quantitative estimate of drug-likeness (QED) is 0.610. The Labute approximate surface area is 122 Å². The molecular formula is C12H9BrClNO2S. The lowest BCUT2D eigenvalue weighted by atomic mass is 10.2. The minimum atomic E-state index is -0.301. The number of aromatic nitrogens is 1. The normalized spacial score (nSPS) is 10.4. The highest BCUT2D eigenvalue weighted by atomic mass is 79.9. The lowest BCUT2D eigenvalue weighted by Crippen LogP contribution is -2.01. The van der Waals surface area contributed by atoms with Crippen LogP contribution in [0.25, 0.3) is 10.4 Å². The molecule has 6 heteroatoms. The molecule has 0 spiro atoms. The van der Waals surface area contributed by atoms with Gasteiger partial charge >= 0.3 is 5.97 Å². The van der Waals surface area contributed by atoms with Crippen LogP contribution in [0.1, 0.15) is 16.6 Å². The maximum Gasteiger partial charge on any atom is 0.348 e. The van der Waals surface area contributed by atoms with E-state index in [0.717, 1.165) is 14.9 Å². The predicted octanol–water partition coefficient (Wildman–Crippen LogP) is 4.40. The molecule has 0 saturated heterocycles. The van der Waals surface area contributed by atoms with E-state index in [1.54, 1.807) is 19.2 Å². The molecule has 0 aliphatic heterocycles. The van der Waals surface area contributed by atoms with Crippen LogP contribution < -0.4 is 0 Å². The molecule has 2 rings (SSSR count). The van der Waals surface area contributed by atoms with E-state index in [1.807, 2.05) is 12.1 Å². The lowest BCUT2D eigenvalue weighted by Gasteiger charge is -2.02. The minimum Gasteiger partial charge on any atom is -0.462 e. The molecule has 2 heterocycles. The molecular weight excluding hydrogens is 338 g/mol. The largest absolute Gasteiger partial charge is 0.462 e. The number of carbonyl (C=O) groups is 1. The summed E-state index contributed by atoms with van der Waals surface area (Å²) >= 11 is 10.7. The SMILES string of the molecule is CCOC(=O)c1ccc(-c2ccnc(Cl)c2Br)s1. The summed E-state index contributed by atoms with van der Waals surface area (Å²) in [5.74, 6) is -0.301. The maximum atomic E-state index is 11.6. The van der Waals surface area contributed by atoms with Crippen LogP contribution in [-0.2, 0) is 4.74 Å². The molecule has 0 aliphatic carbocycles. The molecule has 0 amide bonds. The monoisotopic (exact) mass is 345 g/mol. The molecule has 18 heavy (non-hydrogen) atoms. The molecule has 0 fully saturated rings. The molecule has 2 aromatic rings. The number of hydrogen-bond acceptors (Lipinski definition) is 4. The van der Waals surface area contributed by atoms with E-state index in [-0.39, 0.29) is 5.97 Å². The van der Waals surface area contributed by atoms with Crippen molar-refractivity contribution in [2.75, 3.05) is 6.61 Å². The molecule has 0 aliphatic rings. The van der Waals surface area contributed by atoms with Crippen LogP contribution in [-0.4, -0.2) is 17.6 Å². The van der Waals surface area contributed by atoms with Crippen molar-refractivity contribution in [1.82, 2.24) is 4.98 Å². The standard InChI is InChI=1S/C12H9BrClNO2S/c1-2-17-12(16)9-4-3-8(18-9)7-5-6-15-11(14)10(7)13/h3-6H,2H2,1H3. The van der Waals surface area contributed by atoms with Gasteiger partial charge in [0.15, 0.2) is 0 Å². The number of esters is 1. The predicted molar refractivity (Wildman–Crippen MR) is 76.2 cm³/mol. The van der Waals surface area contributed by atoms with Gasteiger partial charge in [0.1, 0.15) is 10.0 Å². The number of hydrogen-bond donors (Lipinski definition) is 0. The van der Waals surface area contributed by atoms with Crippen molar-refractivity contribution in [3.05, 3.63) is 38.9 Å². The van der Waals surface area contributed by atoms with E-state index < -0.39 is 0 Å². The second kappa shape index (κ2) is 5.82. The van der Waals surface area contributed by atoms with Crippen LogP contribution in [0.5, 0.6) is 0 Å². The van der Waals surface area contributed by atoms with Gasteiger partial charge in [-0.3, -0.25) is 0 Å². The van der Waals surface area contributed by atoms with E-state index in [2.05, 4.69) is 20.9 Å². The average molecular weight is 347 g/mol. The fourth-order valence-electron chi connectivity index (χ4n) is 1.40. The van der Waals surface area contributed by atoms with Crippen LogP contribution in [0.4, 0.5) is 0 Å². The van der Waals surface area contributed by atoms with Crippen LogP contribution in [0.2, 0.25) is 5.15 Å². The van der Waals surface area contributed by atoms with Gasteiger partial charge in [-0.15, -0.1) is 11.3 Å². The zero-order chi connectivity index (χ0) is 13.1. The molecule has 0 saturated carbocycles. The third-order valence-corrected chi connectivity index (χ3v) is 4.61. The molecule has 0 bridgehead atoms. The molecule has 0 unspecified atom stereocenters. The van der Waals surface area contributed by atoms with Gasteiger partial charge in [-0.2, -0.15) is 0 Å². The number of carbonyl (C=O) groups excluding carboxylic acids is 1. The topological polar surface area (TPSA) is 39.2 Å². The summed E-state index contributed by atoms with van der Waals surface area (Å²) in [6.45, 7) is 2.16. The van der Waals surface area contributed by atoms with Gasteiger partial charge in [-0.1, -0.05) is 11.6 Å². The van der Waals surface area contributed by atoms with E-state index in [4.69, 9.17) is 16.3 Å². The van der Waals surface area contributed by atoms with Gasteiger partial charge in [-0.05, 0) is 41.1 Å². The number of thiophene rings is 1. The first-order valence-corrected chi connectivity index (χ1v) is 7.19. The first-order chi connectivity index (χ1) is 8.63. The number of ether oxygens (including phenoxy) is 1. The Morgan fingerprint density at radius 3 is 3.00 bits per heavy atom. The van der Waals surface area contributed by atoms with Crippen molar-refractivity contribution >= 4 is 44.8 Å². The van der Waals surface area contributed by atoms with Gasteiger partial charge in [0.25, 0.3) is 0 Å². The second-order valence-corrected chi connectivity index (χ2v) is 5.58. The molecule has 0 radical (unpaired) electrons. The van der Waals surface area contributed by atoms with Crippen molar-refractivity contribution < 1.29 is 9.53 Å². The van der Waals surface area contributed by atoms with Crippen LogP contribution in [0.3, 0.4) is 0 Å². The van der Waals surface area contributed by atoms with Gasteiger partial charge in [0.2, 0.25) is 0 Å². The highest BCUT2D eigenvalue weighted by Gasteiger charge is 2.13. The van der Waals surface area contributed by atoms with Crippen molar-refractivity contribution in [2.45, 2.75) is 6.92 Å². The smallest absolute Gasteiger partial charge is 0.348 e. The Hall–Kier alpha value is -0.910. The maximum absolute atomic E-state index is 11.6. The summed E-state index contributed by atoms with van der Waals surface area (Å²) in [5.41, 5.74) is 0.913. The van der Waals surface area contributed by atoms with Gasteiger partial charge < -0.3 is 4.74 Å². The summed E-state index contributed by atoms with van der Waals surface area (Å²) in [6.07, 6.45) is 1.63. The number of halogens is 2. The summed E-state index contributed by atoms with van der Waals surface area (Å²) < 4.78 is 5.68. The first-order valence-electron chi connectivity index (χ1n) is 5.20. The Morgan fingerprint density at radius 1 is 1.50 bits per heavy atom. The van der Waals surface area contributed by atoms with Crippen molar-refractivity contribution in [2.24, 2.45) is 0 Å². The highest BCUT2D eigenvalue weighted by molar-refractivity contribution is 9.10. The van der Waals surface area contributed by atoms with E-state index in [9.17, 15) is 4.79 Å². The van der Waals surface area contributed by atoms with Gasteiger partial charge in [0, 0.05) is 16.6 Å². The Bertz CT molecular complexity index is 585.